The highest BCUT2D eigenvalue weighted by atomic mass is 15.1. The maximum atomic E-state index is 8.86. The third kappa shape index (κ3) is 2.09. The van der Waals surface area contributed by atoms with Gasteiger partial charge >= 0.3 is 0 Å². The molecule has 0 radical (unpaired) electrons. The summed E-state index contributed by atoms with van der Waals surface area (Å²) in [7, 11) is 0. The van der Waals surface area contributed by atoms with Gasteiger partial charge in [-0.1, -0.05) is 0 Å². The minimum atomic E-state index is 0.288. The molecule has 1 fully saturated rings. The lowest BCUT2D eigenvalue weighted by Gasteiger charge is -2.25. The van der Waals surface area contributed by atoms with Gasteiger partial charge in [0, 0.05) is 18.8 Å². The molecular weight excluding hydrogens is 198 g/mol. The quantitative estimate of drug-likeness (QED) is 0.629. The molecule has 1 saturated heterocycles. The Balaban J connectivity index is 2.25. The summed E-state index contributed by atoms with van der Waals surface area (Å²) in [6.45, 7) is 2.26. The molecule has 1 aliphatic heterocycles. The van der Waals surface area contributed by atoms with Crippen molar-refractivity contribution in [3.63, 3.8) is 0 Å². The Labute approximate surface area is 96.3 Å². The molecule has 0 unspecified atom stereocenters. The maximum Gasteiger partial charge on any atom is 0.132 e. The van der Waals surface area contributed by atoms with Crippen molar-refractivity contribution in [1.29, 1.82) is 10.5 Å². The number of rotatable bonds is 1. The van der Waals surface area contributed by atoms with E-state index in [9.17, 15) is 0 Å². The molecule has 1 aliphatic carbocycles. The van der Waals surface area contributed by atoms with Gasteiger partial charge in [-0.15, -0.1) is 0 Å². The fraction of sp³-hybridized carbons (Fsp3) is 0.538. The average Bonchev–Trinajstić information content (AvgIpc) is 2.85. The molecule has 0 saturated carbocycles. The van der Waals surface area contributed by atoms with Crippen LogP contribution < -0.4 is 0 Å². The summed E-state index contributed by atoms with van der Waals surface area (Å²) >= 11 is 0. The molecule has 0 N–H and O–H groups in total. The molecule has 3 nitrogen and oxygen atoms in total. The molecule has 0 amide bonds. The molecular formula is C13H15N3. The summed E-state index contributed by atoms with van der Waals surface area (Å²) in [5, 5.41) is 17.7. The molecule has 0 aromatic rings. The Morgan fingerprint density at radius 1 is 1.06 bits per heavy atom. The van der Waals surface area contributed by atoms with Gasteiger partial charge in [-0.2, -0.15) is 10.5 Å². The van der Waals surface area contributed by atoms with Gasteiger partial charge in [0.25, 0.3) is 0 Å². The Bertz CT molecular complexity index is 395. The summed E-state index contributed by atoms with van der Waals surface area (Å²) in [6, 6.07) is 3.98. The maximum absolute atomic E-state index is 8.86. The van der Waals surface area contributed by atoms with E-state index in [1.807, 2.05) is 12.1 Å². The lowest BCUT2D eigenvalue weighted by atomic mass is 9.95. The zero-order valence-electron chi connectivity index (χ0n) is 9.37. The number of allylic oxidation sites excluding steroid dienone is 4. The third-order valence-corrected chi connectivity index (χ3v) is 3.28. The molecule has 3 heteroatoms. The van der Waals surface area contributed by atoms with Crippen LogP contribution in [0.1, 0.15) is 32.1 Å². The Kier molecular flexibility index (Phi) is 3.27. The number of nitrogens with zero attached hydrogens (tertiary/aromatic N) is 3. The Hall–Kier alpha value is -1.74. The average molecular weight is 213 g/mol. The highest BCUT2D eigenvalue weighted by Crippen LogP contribution is 2.28. The van der Waals surface area contributed by atoms with Crippen molar-refractivity contribution in [2.45, 2.75) is 32.1 Å². The van der Waals surface area contributed by atoms with Gasteiger partial charge in [-0.25, -0.2) is 0 Å². The van der Waals surface area contributed by atoms with Gasteiger partial charge in [0.1, 0.15) is 17.7 Å². The van der Waals surface area contributed by atoms with Crippen LogP contribution >= 0.6 is 0 Å². The van der Waals surface area contributed by atoms with Crippen molar-refractivity contribution in [1.82, 2.24) is 4.90 Å². The molecule has 0 aromatic heterocycles. The lowest BCUT2D eigenvalue weighted by molar-refractivity contribution is 0.399. The van der Waals surface area contributed by atoms with Gasteiger partial charge in [0.2, 0.25) is 0 Å². The van der Waals surface area contributed by atoms with E-state index in [-0.39, 0.29) is 5.57 Å². The number of nitriles is 2. The number of hydrogen-bond acceptors (Lipinski definition) is 3. The zero-order valence-corrected chi connectivity index (χ0v) is 9.37. The first kappa shape index (κ1) is 10.8. The predicted octanol–water partition coefficient (Wildman–Crippen LogP) is 2.49. The summed E-state index contributed by atoms with van der Waals surface area (Å²) in [5.41, 5.74) is 2.54. The first-order valence-corrected chi connectivity index (χ1v) is 5.84. The van der Waals surface area contributed by atoms with Crippen LogP contribution in [-0.2, 0) is 0 Å². The highest BCUT2D eigenvalue weighted by molar-refractivity contribution is 5.46. The smallest absolute Gasteiger partial charge is 0.132 e. The Morgan fingerprint density at radius 3 is 2.38 bits per heavy atom. The van der Waals surface area contributed by atoms with Crippen molar-refractivity contribution in [2.24, 2.45) is 0 Å². The van der Waals surface area contributed by atoms with Crippen LogP contribution in [0.2, 0.25) is 0 Å². The molecule has 0 bridgehead atoms. The topological polar surface area (TPSA) is 50.8 Å². The molecule has 2 aliphatic rings. The first-order valence-electron chi connectivity index (χ1n) is 5.84. The molecule has 1 heterocycles. The van der Waals surface area contributed by atoms with E-state index in [4.69, 9.17) is 10.5 Å². The molecule has 2 rings (SSSR count). The van der Waals surface area contributed by atoms with Crippen molar-refractivity contribution >= 4 is 0 Å². The second-order valence-electron chi connectivity index (χ2n) is 4.31. The minimum Gasteiger partial charge on any atom is -0.375 e. The normalized spacial score (nSPS) is 20.0. The number of likely N-dealkylation sites (tertiary alicyclic amines) is 1. The zero-order chi connectivity index (χ0) is 11.4. The van der Waals surface area contributed by atoms with Gasteiger partial charge in [-0.3, -0.25) is 0 Å². The summed E-state index contributed by atoms with van der Waals surface area (Å²) in [4.78, 5) is 2.39. The van der Waals surface area contributed by atoms with E-state index in [0.717, 1.165) is 37.9 Å². The van der Waals surface area contributed by atoms with Crippen LogP contribution in [-0.4, -0.2) is 18.0 Å². The summed E-state index contributed by atoms with van der Waals surface area (Å²) < 4.78 is 0. The summed E-state index contributed by atoms with van der Waals surface area (Å²) in [5.74, 6) is 0. The van der Waals surface area contributed by atoms with Crippen LogP contribution in [0.15, 0.2) is 22.9 Å². The fourth-order valence-electron chi connectivity index (χ4n) is 2.42. The van der Waals surface area contributed by atoms with Gasteiger partial charge in [-0.05, 0) is 43.8 Å². The minimum absolute atomic E-state index is 0.288. The monoisotopic (exact) mass is 213 g/mol. The number of hydrogen-bond donors (Lipinski definition) is 0. The van der Waals surface area contributed by atoms with Gasteiger partial charge < -0.3 is 4.90 Å². The molecule has 82 valence electrons. The Morgan fingerprint density at radius 2 is 1.75 bits per heavy atom. The second kappa shape index (κ2) is 4.86. The van der Waals surface area contributed by atoms with E-state index in [1.54, 1.807) is 0 Å². The van der Waals surface area contributed by atoms with Crippen LogP contribution in [0.4, 0.5) is 0 Å². The van der Waals surface area contributed by atoms with Crippen molar-refractivity contribution in [3.05, 3.63) is 22.9 Å². The SMILES string of the molecule is N#CC(C#N)=C1C=C(N2CCCC2)CCC1. The van der Waals surface area contributed by atoms with E-state index in [1.165, 1.54) is 18.5 Å². The van der Waals surface area contributed by atoms with E-state index < -0.39 is 0 Å². The van der Waals surface area contributed by atoms with Crippen molar-refractivity contribution < 1.29 is 0 Å². The van der Waals surface area contributed by atoms with Crippen molar-refractivity contribution in [2.75, 3.05) is 13.1 Å². The molecule has 16 heavy (non-hydrogen) atoms. The highest BCUT2D eigenvalue weighted by Gasteiger charge is 2.19. The van der Waals surface area contributed by atoms with Crippen LogP contribution in [0.5, 0.6) is 0 Å². The van der Waals surface area contributed by atoms with Crippen LogP contribution in [0.3, 0.4) is 0 Å². The van der Waals surface area contributed by atoms with Crippen molar-refractivity contribution in [3.8, 4) is 12.1 Å². The third-order valence-electron chi connectivity index (χ3n) is 3.28. The van der Waals surface area contributed by atoms with Crippen LogP contribution in [0, 0.1) is 22.7 Å². The standard InChI is InChI=1S/C13H15N3/c14-9-12(10-15)11-4-3-5-13(8-11)16-6-1-2-7-16/h8H,1-7H2. The molecule has 0 atom stereocenters. The van der Waals surface area contributed by atoms with Gasteiger partial charge in [0.15, 0.2) is 0 Å². The molecule has 0 aromatic carbocycles. The van der Waals surface area contributed by atoms with E-state index in [2.05, 4.69) is 11.0 Å². The van der Waals surface area contributed by atoms with E-state index >= 15 is 0 Å². The lowest BCUT2D eigenvalue weighted by Crippen LogP contribution is -2.20. The fourth-order valence-corrected chi connectivity index (χ4v) is 2.42. The van der Waals surface area contributed by atoms with E-state index in [0.29, 0.717) is 0 Å². The largest absolute Gasteiger partial charge is 0.375 e. The second-order valence-corrected chi connectivity index (χ2v) is 4.31. The van der Waals surface area contributed by atoms with Crippen LogP contribution in [0.25, 0.3) is 0 Å². The van der Waals surface area contributed by atoms with Gasteiger partial charge in [0.05, 0.1) is 0 Å². The predicted molar refractivity (Wildman–Crippen MR) is 61.0 cm³/mol. The first-order chi connectivity index (χ1) is 7.85. The summed E-state index contributed by atoms with van der Waals surface area (Å²) in [6.07, 6.45) is 7.61. The molecule has 0 spiro atoms.